The summed E-state index contributed by atoms with van der Waals surface area (Å²) in [4.78, 5) is 40.6. The van der Waals surface area contributed by atoms with Crippen LogP contribution >= 0.6 is 0 Å². The molecule has 0 aromatic heterocycles. The van der Waals surface area contributed by atoms with Crippen LogP contribution in [0.3, 0.4) is 0 Å². The summed E-state index contributed by atoms with van der Waals surface area (Å²) in [6.07, 6.45) is -0.145. The molecule has 0 saturated heterocycles. The van der Waals surface area contributed by atoms with Gasteiger partial charge in [0.2, 0.25) is 5.91 Å². The molecule has 2 aromatic rings. The molecule has 2 aromatic carbocycles. The van der Waals surface area contributed by atoms with Crippen molar-refractivity contribution in [3.63, 3.8) is 0 Å². The van der Waals surface area contributed by atoms with Crippen molar-refractivity contribution in [1.82, 2.24) is 10.2 Å². The second-order valence-electron chi connectivity index (χ2n) is 9.11. The number of alkyl carbamates (subject to hydrolysis) is 1. The van der Waals surface area contributed by atoms with Gasteiger partial charge >= 0.3 is 6.09 Å². The summed E-state index contributed by atoms with van der Waals surface area (Å²) in [5, 5.41) is 15.1. The van der Waals surface area contributed by atoms with E-state index in [9.17, 15) is 19.5 Å². The Kier molecular flexibility index (Phi) is 9.50. The zero-order valence-electron chi connectivity index (χ0n) is 21.1. The Morgan fingerprint density at radius 2 is 1.63 bits per heavy atom. The molecule has 3 amide bonds. The fourth-order valence-corrected chi connectivity index (χ4v) is 3.42. The van der Waals surface area contributed by atoms with Crippen LogP contribution in [0.4, 0.5) is 10.5 Å². The lowest BCUT2D eigenvalue weighted by Crippen LogP contribution is -2.51. The quantitative estimate of drug-likeness (QED) is 0.489. The van der Waals surface area contributed by atoms with Gasteiger partial charge in [-0.15, -0.1) is 0 Å². The predicted molar refractivity (Wildman–Crippen MR) is 133 cm³/mol. The minimum atomic E-state index is -1.01. The Bertz CT molecular complexity index is 999. The zero-order valence-corrected chi connectivity index (χ0v) is 21.1. The molecule has 9 heteroatoms. The molecule has 0 aliphatic rings. The smallest absolute Gasteiger partial charge is 0.408 e. The minimum Gasteiger partial charge on any atom is -0.508 e. The van der Waals surface area contributed by atoms with Gasteiger partial charge in [0, 0.05) is 12.2 Å². The number of phenolic OH excluding ortho intramolecular Hbond substituents is 1. The largest absolute Gasteiger partial charge is 0.508 e. The molecule has 0 aliphatic heterocycles. The van der Waals surface area contributed by atoms with Gasteiger partial charge in [0.25, 0.3) is 5.91 Å². The summed E-state index contributed by atoms with van der Waals surface area (Å²) in [7, 11) is 1.55. The van der Waals surface area contributed by atoms with Crippen molar-refractivity contribution in [3.8, 4) is 11.5 Å². The van der Waals surface area contributed by atoms with Crippen molar-refractivity contribution in [2.75, 3.05) is 19.0 Å². The number of ether oxygens (including phenoxy) is 2. The Labute approximate surface area is 206 Å². The first-order chi connectivity index (χ1) is 16.4. The van der Waals surface area contributed by atoms with Crippen LogP contribution in [0.15, 0.2) is 48.5 Å². The standard InChI is InChI=1S/C26H35N3O6/c1-7-16-29(24(32)17(2)27-25(33)35-26(3,4)5)22(18-8-12-20(30)13-9-18)23(31)28-19-10-14-21(34-6)15-11-19/h8-15,17,22,30H,7,16H2,1-6H3,(H,27,33)(H,28,31). The first-order valence-electron chi connectivity index (χ1n) is 11.5. The number of nitrogens with one attached hydrogen (secondary N) is 2. The average Bonchev–Trinajstić information content (AvgIpc) is 2.78. The van der Waals surface area contributed by atoms with Gasteiger partial charge in [0.15, 0.2) is 0 Å². The molecule has 0 saturated carbocycles. The maximum Gasteiger partial charge on any atom is 0.408 e. The van der Waals surface area contributed by atoms with Gasteiger partial charge in [-0.2, -0.15) is 0 Å². The molecule has 0 radical (unpaired) electrons. The number of carbonyl (C=O) groups is 3. The predicted octanol–water partition coefficient (Wildman–Crippen LogP) is 4.23. The molecule has 0 spiro atoms. The van der Waals surface area contributed by atoms with Gasteiger partial charge in [-0.1, -0.05) is 19.1 Å². The summed E-state index contributed by atoms with van der Waals surface area (Å²) >= 11 is 0. The van der Waals surface area contributed by atoms with Gasteiger partial charge in [-0.05, 0) is 76.1 Å². The molecule has 2 unspecified atom stereocenters. The first kappa shape index (κ1) is 27.5. The molecule has 9 nitrogen and oxygen atoms in total. The number of phenols is 1. The van der Waals surface area contributed by atoms with Crippen molar-refractivity contribution < 1.29 is 29.0 Å². The van der Waals surface area contributed by atoms with E-state index in [-0.39, 0.29) is 12.3 Å². The molecular formula is C26H35N3O6. The van der Waals surface area contributed by atoms with Crippen molar-refractivity contribution in [2.24, 2.45) is 0 Å². The second kappa shape index (κ2) is 12.1. The summed E-state index contributed by atoms with van der Waals surface area (Å²) in [6.45, 7) is 8.89. The van der Waals surface area contributed by atoms with Gasteiger partial charge in [0.05, 0.1) is 7.11 Å². The number of carbonyl (C=O) groups excluding carboxylic acids is 3. The van der Waals surface area contributed by atoms with E-state index in [4.69, 9.17) is 9.47 Å². The fourth-order valence-electron chi connectivity index (χ4n) is 3.42. The van der Waals surface area contributed by atoms with Gasteiger partial charge in [-0.3, -0.25) is 9.59 Å². The van der Waals surface area contributed by atoms with E-state index < -0.39 is 35.6 Å². The molecule has 3 N–H and O–H groups in total. The molecule has 35 heavy (non-hydrogen) atoms. The van der Waals surface area contributed by atoms with Crippen LogP contribution in [0.5, 0.6) is 11.5 Å². The Balaban J connectivity index is 2.35. The van der Waals surface area contributed by atoms with Crippen LogP contribution in [0.1, 0.15) is 52.6 Å². The number of benzene rings is 2. The Morgan fingerprint density at radius 3 is 2.14 bits per heavy atom. The first-order valence-corrected chi connectivity index (χ1v) is 11.5. The number of hydrogen-bond donors (Lipinski definition) is 3. The number of rotatable bonds is 9. The highest BCUT2D eigenvalue weighted by atomic mass is 16.6. The minimum absolute atomic E-state index is 0.0383. The molecule has 0 bridgehead atoms. The lowest BCUT2D eigenvalue weighted by atomic mass is 10.0. The van der Waals surface area contributed by atoms with E-state index in [2.05, 4.69) is 10.6 Å². The van der Waals surface area contributed by atoms with Gasteiger partial charge in [0.1, 0.15) is 29.2 Å². The molecular weight excluding hydrogens is 450 g/mol. The summed E-state index contributed by atoms with van der Waals surface area (Å²) in [6, 6.07) is 11.0. The molecule has 0 fully saturated rings. The van der Waals surface area contributed by atoms with Gasteiger partial charge < -0.3 is 30.1 Å². The number of anilines is 1. The maximum atomic E-state index is 13.5. The lowest BCUT2D eigenvalue weighted by molar-refractivity contribution is -0.140. The maximum absolute atomic E-state index is 13.5. The van der Waals surface area contributed by atoms with Crippen molar-refractivity contribution in [1.29, 1.82) is 0 Å². The third-order valence-electron chi connectivity index (χ3n) is 4.98. The number of nitrogens with zero attached hydrogens (tertiary/aromatic N) is 1. The van der Waals surface area contributed by atoms with E-state index in [0.29, 0.717) is 23.4 Å². The molecule has 0 heterocycles. The molecule has 2 rings (SSSR count). The highest BCUT2D eigenvalue weighted by molar-refractivity contribution is 5.99. The van der Waals surface area contributed by atoms with Crippen molar-refractivity contribution >= 4 is 23.6 Å². The second-order valence-corrected chi connectivity index (χ2v) is 9.11. The monoisotopic (exact) mass is 485 g/mol. The molecule has 190 valence electrons. The van der Waals surface area contributed by atoms with Crippen LogP contribution in [0.2, 0.25) is 0 Å². The van der Waals surface area contributed by atoms with E-state index in [0.717, 1.165) is 0 Å². The summed E-state index contributed by atoms with van der Waals surface area (Å²) < 4.78 is 10.4. The third-order valence-corrected chi connectivity index (χ3v) is 4.98. The number of aromatic hydroxyl groups is 1. The molecule has 2 atom stereocenters. The topological polar surface area (TPSA) is 117 Å². The van der Waals surface area contributed by atoms with Crippen molar-refractivity contribution in [3.05, 3.63) is 54.1 Å². The van der Waals surface area contributed by atoms with Crippen LogP contribution in [-0.4, -0.2) is 53.2 Å². The molecule has 0 aliphatic carbocycles. The Morgan fingerprint density at radius 1 is 1.03 bits per heavy atom. The summed E-state index contributed by atoms with van der Waals surface area (Å²) in [5.41, 5.74) is 0.325. The normalized spacial score (nSPS) is 12.7. The van der Waals surface area contributed by atoms with E-state index in [1.54, 1.807) is 71.2 Å². The van der Waals surface area contributed by atoms with Crippen LogP contribution in [0, 0.1) is 0 Å². The van der Waals surface area contributed by atoms with E-state index in [1.165, 1.54) is 17.0 Å². The van der Waals surface area contributed by atoms with Crippen LogP contribution < -0.4 is 15.4 Å². The lowest BCUT2D eigenvalue weighted by Gasteiger charge is -2.33. The van der Waals surface area contributed by atoms with E-state index in [1.807, 2.05) is 6.92 Å². The van der Waals surface area contributed by atoms with E-state index >= 15 is 0 Å². The average molecular weight is 486 g/mol. The van der Waals surface area contributed by atoms with Crippen LogP contribution in [-0.2, 0) is 14.3 Å². The van der Waals surface area contributed by atoms with Crippen LogP contribution in [0.25, 0.3) is 0 Å². The van der Waals surface area contributed by atoms with Crippen molar-refractivity contribution in [2.45, 2.75) is 58.7 Å². The number of hydrogen-bond acceptors (Lipinski definition) is 6. The zero-order chi connectivity index (χ0) is 26.2. The van der Waals surface area contributed by atoms with Gasteiger partial charge in [-0.25, -0.2) is 4.79 Å². The number of methoxy groups -OCH3 is 1. The third kappa shape index (κ3) is 8.20. The highest BCUT2D eigenvalue weighted by Crippen LogP contribution is 2.26. The Hall–Kier alpha value is -3.75. The highest BCUT2D eigenvalue weighted by Gasteiger charge is 2.34. The summed E-state index contributed by atoms with van der Waals surface area (Å²) in [5.74, 6) is -0.202. The SMILES string of the molecule is CCCN(C(=O)C(C)NC(=O)OC(C)(C)C)C(C(=O)Nc1ccc(OC)cc1)c1ccc(O)cc1. The fraction of sp³-hybridized carbons (Fsp3) is 0.423. The number of amides is 3.